The number of benzene rings is 1. The van der Waals surface area contributed by atoms with Gasteiger partial charge in [-0.05, 0) is 29.2 Å². The van der Waals surface area contributed by atoms with Gasteiger partial charge in [-0.2, -0.15) is 0 Å². The Labute approximate surface area is 177 Å². The number of fused-ring (bicyclic) bond motifs is 1. The number of H-pyrrole nitrogens is 1. The van der Waals surface area contributed by atoms with Gasteiger partial charge in [0.1, 0.15) is 10.5 Å². The van der Waals surface area contributed by atoms with Crippen molar-refractivity contribution in [3.8, 4) is 10.4 Å². The summed E-state index contributed by atoms with van der Waals surface area (Å²) in [5.41, 5.74) is 1.42. The highest BCUT2D eigenvalue weighted by Gasteiger charge is 2.16. The molecule has 10 heteroatoms. The van der Waals surface area contributed by atoms with Crippen LogP contribution in [-0.2, 0) is 0 Å². The second kappa shape index (κ2) is 7.78. The van der Waals surface area contributed by atoms with Gasteiger partial charge in [-0.15, -0.1) is 22.7 Å². The minimum absolute atomic E-state index is 0.0681. The first-order chi connectivity index (χ1) is 14.0. The molecule has 0 bridgehead atoms. The lowest BCUT2D eigenvalue weighted by Crippen LogP contribution is -2.10. The average molecular weight is 445 g/mol. The van der Waals surface area contributed by atoms with E-state index >= 15 is 0 Å². The largest absolute Gasteiger partial charge is 0.383 e. The third-order valence-electron chi connectivity index (χ3n) is 4.24. The first kappa shape index (κ1) is 19.3. The van der Waals surface area contributed by atoms with Crippen LogP contribution in [0.3, 0.4) is 0 Å². The van der Waals surface area contributed by atoms with Crippen molar-refractivity contribution in [3.63, 3.8) is 0 Å². The number of aromatic amines is 1. The summed E-state index contributed by atoms with van der Waals surface area (Å²) in [7, 11) is 1.61. The minimum atomic E-state index is -0.471. The monoisotopic (exact) mass is 444 g/mol. The third-order valence-corrected chi connectivity index (χ3v) is 6.30. The van der Waals surface area contributed by atoms with Crippen molar-refractivity contribution in [2.24, 2.45) is 0 Å². The molecule has 0 radical (unpaired) electrons. The fourth-order valence-corrected chi connectivity index (χ4v) is 4.87. The predicted octanol–water partition coefficient (Wildman–Crippen LogP) is 5.40. The van der Waals surface area contributed by atoms with E-state index in [4.69, 9.17) is 11.6 Å². The van der Waals surface area contributed by atoms with Crippen molar-refractivity contribution in [2.75, 3.05) is 12.4 Å². The van der Waals surface area contributed by atoms with Crippen LogP contribution in [0.25, 0.3) is 31.8 Å². The summed E-state index contributed by atoms with van der Waals surface area (Å²) < 4.78 is 0. The number of halogens is 1. The molecule has 3 heterocycles. The number of nitro benzene ring substituents is 1. The highest BCUT2D eigenvalue weighted by atomic mass is 35.5. The molecule has 4 rings (SSSR count). The molecule has 1 aromatic carbocycles. The van der Waals surface area contributed by atoms with Crippen LogP contribution < -0.4 is 10.9 Å². The Morgan fingerprint density at radius 2 is 2.17 bits per heavy atom. The van der Waals surface area contributed by atoms with Gasteiger partial charge in [-0.3, -0.25) is 14.9 Å². The Morgan fingerprint density at radius 1 is 1.34 bits per heavy atom. The van der Waals surface area contributed by atoms with E-state index in [-0.39, 0.29) is 22.1 Å². The fourth-order valence-electron chi connectivity index (χ4n) is 2.89. The van der Waals surface area contributed by atoms with Gasteiger partial charge in [0.15, 0.2) is 5.82 Å². The van der Waals surface area contributed by atoms with Crippen LogP contribution in [0, 0.1) is 10.1 Å². The van der Waals surface area contributed by atoms with E-state index in [0.29, 0.717) is 21.5 Å². The number of nitrogens with one attached hydrogen (secondary N) is 2. The number of aromatic nitrogens is 2. The number of nitro groups is 1. The Hall–Kier alpha value is -3.01. The van der Waals surface area contributed by atoms with Crippen molar-refractivity contribution < 1.29 is 4.92 Å². The van der Waals surface area contributed by atoms with Gasteiger partial charge in [0.05, 0.1) is 15.3 Å². The summed E-state index contributed by atoms with van der Waals surface area (Å²) >= 11 is 9.29. The van der Waals surface area contributed by atoms with E-state index in [9.17, 15) is 14.9 Å². The van der Waals surface area contributed by atoms with Crippen molar-refractivity contribution in [1.29, 1.82) is 0 Å². The topological polar surface area (TPSA) is 101 Å². The predicted molar refractivity (Wildman–Crippen MR) is 120 cm³/mol. The Bertz CT molecular complexity index is 1310. The van der Waals surface area contributed by atoms with Crippen LogP contribution in [0.15, 0.2) is 45.9 Å². The molecule has 146 valence electrons. The highest BCUT2D eigenvalue weighted by molar-refractivity contribution is 7.18. The Kier molecular flexibility index (Phi) is 5.18. The fraction of sp³-hybridized carbons (Fsp3) is 0.0526. The van der Waals surface area contributed by atoms with Crippen LogP contribution in [0.1, 0.15) is 11.4 Å². The molecule has 0 unspecified atom stereocenters. The van der Waals surface area contributed by atoms with E-state index in [2.05, 4.69) is 15.3 Å². The van der Waals surface area contributed by atoms with Crippen LogP contribution >= 0.6 is 34.3 Å². The zero-order valence-electron chi connectivity index (χ0n) is 14.9. The second-order valence-corrected chi connectivity index (χ2v) is 8.21. The van der Waals surface area contributed by atoms with E-state index < -0.39 is 4.92 Å². The molecule has 0 aliphatic carbocycles. The van der Waals surface area contributed by atoms with Gasteiger partial charge < -0.3 is 10.3 Å². The van der Waals surface area contributed by atoms with E-state index in [1.807, 2.05) is 22.9 Å². The van der Waals surface area contributed by atoms with E-state index in [0.717, 1.165) is 10.4 Å². The molecule has 29 heavy (non-hydrogen) atoms. The first-order valence-corrected chi connectivity index (χ1v) is 10.5. The first-order valence-electron chi connectivity index (χ1n) is 8.37. The van der Waals surface area contributed by atoms with Gasteiger partial charge >= 0.3 is 0 Å². The summed E-state index contributed by atoms with van der Waals surface area (Å²) in [5, 5.41) is 18.6. The molecule has 0 atom stereocenters. The number of hydrogen-bond acceptors (Lipinski definition) is 7. The lowest BCUT2D eigenvalue weighted by atomic mass is 10.1. The summed E-state index contributed by atoms with van der Waals surface area (Å²) in [6.07, 6.45) is 1.53. The van der Waals surface area contributed by atoms with E-state index in [1.54, 1.807) is 30.5 Å². The molecule has 0 amide bonds. The standard InChI is InChI=1S/C19H13ClN4O3S2/c1-21-13-5-4-10(8-14(13)24(26)27)7-12(20)17-22-18(25)16-11(9-29-19(16)23-17)15-3-2-6-28-15/h2-9,21H,1H3,(H,22,23,25). The molecular weight excluding hydrogens is 432 g/mol. The maximum absolute atomic E-state index is 12.7. The smallest absolute Gasteiger partial charge is 0.292 e. The molecule has 0 saturated carbocycles. The normalized spacial score (nSPS) is 11.7. The Balaban J connectivity index is 1.76. The maximum atomic E-state index is 12.7. The van der Waals surface area contributed by atoms with Gasteiger partial charge in [0.25, 0.3) is 11.2 Å². The molecule has 7 nitrogen and oxygen atoms in total. The molecular formula is C19H13ClN4O3S2. The van der Waals surface area contributed by atoms with Crippen molar-refractivity contribution in [2.45, 2.75) is 0 Å². The van der Waals surface area contributed by atoms with E-state index in [1.165, 1.54) is 23.5 Å². The molecule has 0 aliphatic heterocycles. The Morgan fingerprint density at radius 3 is 2.86 bits per heavy atom. The number of hydrogen-bond donors (Lipinski definition) is 2. The molecule has 0 aliphatic rings. The quantitative estimate of drug-likeness (QED) is 0.317. The highest BCUT2D eigenvalue weighted by Crippen LogP contribution is 2.34. The third kappa shape index (κ3) is 3.67. The molecule has 0 spiro atoms. The van der Waals surface area contributed by atoms with Crippen LogP contribution in [0.5, 0.6) is 0 Å². The number of nitrogens with zero attached hydrogens (tertiary/aromatic N) is 2. The lowest BCUT2D eigenvalue weighted by Gasteiger charge is -2.04. The van der Waals surface area contributed by atoms with Crippen molar-refractivity contribution >= 4 is 67.0 Å². The second-order valence-electron chi connectivity index (χ2n) is 6.00. The molecule has 0 fully saturated rings. The lowest BCUT2D eigenvalue weighted by molar-refractivity contribution is -0.383. The minimum Gasteiger partial charge on any atom is -0.383 e. The summed E-state index contributed by atoms with van der Waals surface area (Å²) in [5.74, 6) is 0.212. The van der Waals surface area contributed by atoms with Gasteiger partial charge in [-0.1, -0.05) is 23.7 Å². The number of anilines is 1. The number of rotatable bonds is 5. The van der Waals surface area contributed by atoms with Crippen LogP contribution in [0.4, 0.5) is 11.4 Å². The average Bonchev–Trinajstić information content (AvgIpc) is 3.37. The molecule has 2 N–H and O–H groups in total. The van der Waals surface area contributed by atoms with Crippen LogP contribution in [-0.4, -0.2) is 21.9 Å². The summed E-state index contributed by atoms with van der Waals surface area (Å²) in [4.78, 5) is 32.2. The molecule has 0 saturated heterocycles. The zero-order chi connectivity index (χ0) is 20.5. The maximum Gasteiger partial charge on any atom is 0.292 e. The van der Waals surface area contributed by atoms with Crippen molar-refractivity contribution in [1.82, 2.24) is 9.97 Å². The van der Waals surface area contributed by atoms with Crippen LogP contribution in [0.2, 0.25) is 0 Å². The molecule has 3 aromatic heterocycles. The molecule has 4 aromatic rings. The number of thiophene rings is 2. The van der Waals surface area contributed by atoms with Gasteiger partial charge in [0.2, 0.25) is 0 Å². The SMILES string of the molecule is CNc1ccc(C=C(Cl)c2nc3scc(-c4cccs4)c3c(=O)[nH]2)cc1[N+](=O)[O-]. The van der Waals surface area contributed by atoms with Gasteiger partial charge in [-0.25, -0.2) is 4.98 Å². The summed E-state index contributed by atoms with van der Waals surface area (Å²) in [6.45, 7) is 0. The zero-order valence-corrected chi connectivity index (χ0v) is 17.3. The van der Waals surface area contributed by atoms with Gasteiger partial charge in [0, 0.05) is 28.9 Å². The summed E-state index contributed by atoms with van der Waals surface area (Å²) in [6, 6.07) is 8.58. The van der Waals surface area contributed by atoms with Crippen molar-refractivity contribution in [3.05, 3.63) is 72.9 Å².